The zero-order valence-corrected chi connectivity index (χ0v) is 30.9. The number of hydrogen-bond acceptors (Lipinski definition) is 8. The van der Waals surface area contributed by atoms with Gasteiger partial charge in [-0.1, -0.05) is 11.6 Å². The lowest BCUT2D eigenvalue weighted by molar-refractivity contribution is 0.0230. The number of carbonyl (C=O) groups excluding carboxylic acids is 4. The first-order valence-corrected chi connectivity index (χ1v) is 17.5. The monoisotopic (exact) mass is 718 g/mol. The van der Waals surface area contributed by atoms with Crippen molar-refractivity contribution in [2.24, 2.45) is 0 Å². The summed E-state index contributed by atoms with van der Waals surface area (Å²) in [6.45, 7) is 16.1. The number of nitrogens with zero attached hydrogens (tertiary/aromatic N) is 4. The van der Waals surface area contributed by atoms with Crippen molar-refractivity contribution in [2.45, 2.75) is 52.7 Å². The molecule has 0 radical (unpaired) electrons. The number of ether oxygens (including phenoxy) is 2. The Morgan fingerprint density at radius 1 is 0.569 bits per heavy atom. The van der Waals surface area contributed by atoms with E-state index in [-0.39, 0.29) is 28.7 Å². The van der Waals surface area contributed by atoms with Gasteiger partial charge < -0.3 is 39.7 Å². The van der Waals surface area contributed by atoms with Gasteiger partial charge in [0.2, 0.25) is 0 Å². The Balaban J connectivity index is 1.09. The summed E-state index contributed by atoms with van der Waals surface area (Å²) in [6.07, 6.45) is -0.604. The fourth-order valence-corrected chi connectivity index (χ4v) is 5.97. The maximum Gasteiger partial charge on any atom is 0.410 e. The van der Waals surface area contributed by atoms with Gasteiger partial charge in [0.15, 0.2) is 0 Å². The van der Waals surface area contributed by atoms with Gasteiger partial charge in [0, 0.05) is 80.7 Å². The van der Waals surface area contributed by atoms with Crippen LogP contribution in [0.5, 0.6) is 0 Å². The van der Waals surface area contributed by atoms with Crippen molar-refractivity contribution in [3.63, 3.8) is 0 Å². The van der Waals surface area contributed by atoms with Crippen LogP contribution in [0.25, 0.3) is 0 Å². The highest BCUT2D eigenvalue weighted by molar-refractivity contribution is 6.35. The lowest BCUT2D eigenvalue weighted by Crippen LogP contribution is -2.50. The van der Waals surface area contributed by atoms with Crippen LogP contribution in [0.1, 0.15) is 62.3 Å². The number of piperazine rings is 2. The zero-order valence-electron chi connectivity index (χ0n) is 30.1. The highest BCUT2D eigenvalue weighted by atomic mass is 35.5. The first-order valence-electron chi connectivity index (χ1n) is 17.1. The van der Waals surface area contributed by atoms with E-state index in [1.54, 1.807) is 15.9 Å². The van der Waals surface area contributed by atoms with Crippen LogP contribution < -0.4 is 20.4 Å². The molecule has 2 aliphatic heterocycles. The molecular weight excluding hydrogens is 672 g/mol. The maximum absolute atomic E-state index is 13.1. The van der Waals surface area contributed by atoms with Crippen LogP contribution in [0.4, 0.5) is 32.3 Å². The molecule has 2 N–H and O–H groups in total. The van der Waals surface area contributed by atoms with Crippen molar-refractivity contribution in [2.75, 3.05) is 72.8 Å². The topological polar surface area (TPSA) is 124 Å². The van der Waals surface area contributed by atoms with E-state index in [1.807, 2.05) is 90.1 Å². The average molecular weight is 719 g/mol. The Labute approximate surface area is 304 Å². The Hall–Kier alpha value is -4.97. The van der Waals surface area contributed by atoms with Gasteiger partial charge in [-0.25, -0.2) is 9.59 Å². The van der Waals surface area contributed by atoms with E-state index in [0.29, 0.717) is 69.3 Å². The van der Waals surface area contributed by atoms with Gasteiger partial charge in [-0.15, -0.1) is 0 Å². The molecule has 0 aliphatic carbocycles. The van der Waals surface area contributed by atoms with Crippen molar-refractivity contribution in [3.05, 3.63) is 82.9 Å². The lowest BCUT2D eigenvalue weighted by Gasteiger charge is -2.36. The summed E-state index contributed by atoms with van der Waals surface area (Å²) in [5.74, 6) is -0.752. The number of benzene rings is 3. The summed E-state index contributed by atoms with van der Waals surface area (Å²) in [5, 5.41) is 5.90. The number of nitrogens with one attached hydrogen (secondary N) is 2. The third-order valence-corrected chi connectivity index (χ3v) is 8.63. The summed E-state index contributed by atoms with van der Waals surface area (Å²) in [5.41, 5.74) is 2.68. The lowest BCUT2D eigenvalue weighted by atomic mass is 10.1. The molecule has 0 bridgehead atoms. The Kier molecular flexibility index (Phi) is 11.3. The van der Waals surface area contributed by atoms with Crippen molar-refractivity contribution in [1.29, 1.82) is 0 Å². The predicted octanol–water partition coefficient (Wildman–Crippen LogP) is 6.96. The van der Waals surface area contributed by atoms with Crippen LogP contribution in [0, 0.1) is 0 Å². The molecule has 5 rings (SSSR count). The molecule has 0 aromatic heterocycles. The molecule has 2 fully saturated rings. The summed E-state index contributed by atoms with van der Waals surface area (Å²) in [4.78, 5) is 58.7. The molecule has 272 valence electrons. The third kappa shape index (κ3) is 10.3. The smallest absolute Gasteiger partial charge is 0.410 e. The molecule has 0 saturated carbocycles. The SMILES string of the molecule is CC(C)(C)OC(=O)N1CCN(c2ccc(NC(=O)c3ccc(C(=O)Nc4ccc(N5CCN(C(=O)OC(C)(C)C)CC5)cc4)c(Cl)c3)cc2)CC1. The van der Waals surface area contributed by atoms with Crippen molar-refractivity contribution in [1.82, 2.24) is 9.80 Å². The second-order valence-electron chi connectivity index (χ2n) is 14.6. The molecule has 2 heterocycles. The second-order valence-corrected chi connectivity index (χ2v) is 15.0. The Morgan fingerprint density at radius 2 is 0.961 bits per heavy atom. The highest BCUT2D eigenvalue weighted by Gasteiger charge is 2.27. The normalized spacial score (nSPS) is 15.3. The summed E-state index contributed by atoms with van der Waals surface area (Å²) < 4.78 is 11.0. The molecule has 3 aromatic carbocycles. The molecule has 0 unspecified atom stereocenters. The molecule has 2 saturated heterocycles. The second kappa shape index (κ2) is 15.5. The van der Waals surface area contributed by atoms with Crippen LogP contribution >= 0.6 is 11.6 Å². The van der Waals surface area contributed by atoms with Crippen LogP contribution in [0.2, 0.25) is 5.02 Å². The first kappa shape index (κ1) is 37.3. The largest absolute Gasteiger partial charge is 0.444 e. The number of rotatable bonds is 6. The van der Waals surface area contributed by atoms with Gasteiger partial charge in [-0.3, -0.25) is 9.59 Å². The van der Waals surface area contributed by atoms with Gasteiger partial charge in [0.05, 0.1) is 10.6 Å². The molecule has 4 amide bonds. The summed E-state index contributed by atoms with van der Waals surface area (Å²) in [6, 6.07) is 19.6. The van der Waals surface area contributed by atoms with E-state index in [1.165, 1.54) is 12.1 Å². The van der Waals surface area contributed by atoms with E-state index in [0.717, 1.165) is 11.4 Å². The highest BCUT2D eigenvalue weighted by Crippen LogP contribution is 2.25. The number of amides is 4. The van der Waals surface area contributed by atoms with Crippen LogP contribution in [-0.4, -0.2) is 97.4 Å². The molecular formula is C38H47ClN6O6. The average Bonchev–Trinajstić information content (AvgIpc) is 3.07. The van der Waals surface area contributed by atoms with Gasteiger partial charge in [-0.05, 0) is 108 Å². The van der Waals surface area contributed by atoms with Crippen LogP contribution in [0.15, 0.2) is 66.7 Å². The fraction of sp³-hybridized carbons (Fsp3) is 0.421. The number of carbonyl (C=O) groups is 4. The minimum atomic E-state index is -0.532. The van der Waals surface area contributed by atoms with E-state index in [4.69, 9.17) is 21.1 Å². The number of hydrogen-bond donors (Lipinski definition) is 2. The Morgan fingerprint density at radius 3 is 1.33 bits per heavy atom. The van der Waals surface area contributed by atoms with E-state index < -0.39 is 17.1 Å². The summed E-state index contributed by atoms with van der Waals surface area (Å²) in [7, 11) is 0. The molecule has 0 spiro atoms. The molecule has 2 aliphatic rings. The van der Waals surface area contributed by atoms with Crippen LogP contribution in [0.3, 0.4) is 0 Å². The number of anilines is 4. The zero-order chi connectivity index (χ0) is 36.9. The van der Waals surface area contributed by atoms with E-state index in [9.17, 15) is 19.2 Å². The maximum atomic E-state index is 13.1. The standard InChI is InChI=1S/C38H47ClN6O6/c1-37(2,3)50-35(48)44-21-17-42(18-22-44)29-12-8-27(9-13-29)40-33(46)26-7-16-31(32(39)25-26)34(47)41-28-10-14-30(15-11-28)43-19-23-45(24-20-43)36(49)51-38(4,5)6/h7-16,25H,17-24H2,1-6H3,(H,40,46)(H,41,47). The molecule has 12 nitrogen and oxygen atoms in total. The Bertz CT molecular complexity index is 1720. The molecule has 51 heavy (non-hydrogen) atoms. The van der Waals surface area contributed by atoms with Gasteiger partial charge >= 0.3 is 12.2 Å². The molecule has 3 aromatic rings. The van der Waals surface area contributed by atoms with Gasteiger partial charge in [-0.2, -0.15) is 0 Å². The minimum Gasteiger partial charge on any atom is -0.444 e. The fourth-order valence-electron chi connectivity index (χ4n) is 5.70. The molecule has 13 heteroatoms. The third-order valence-electron chi connectivity index (χ3n) is 8.32. The van der Waals surface area contributed by atoms with Gasteiger partial charge in [0.25, 0.3) is 11.8 Å². The van der Waals surface area contributed by atoms with E-state index >= 15 is 0 Å². The first-order chi connectivity index (χ1) is 24.0. The predicted molar refractivity (Wildman–Crippen MR) is 200 cm³/mol. The summed E-state index contributed by atoms with van der Waals surface area (Å²) >= 11 is 6.48. The van der Waals surface area contributed by atoms with E-state index in [2.05, 4.69) is 20.4 Å². The van der Waals surface area contributed by atoms with Crippen LogP contribution in [-0.2, 0) is 9.47 Å². The van der Waals surface area contributed by atoms with Crippen molar-refractivity contribution < 1.29 is 28.7 Å². The van der Waals surface area contributed by atoms with Gasteiger partial charge in [0.1, 0.15) is 11.2 Å². The number of halogens is 1. The minimum absolute atomic E-state index is 0.153. The van der Waals surface area contributed by atoms with Crippen molar-refractivity contribution >= 4 is 58.4 Å². The molecule has 0 atom stereocenters. The quantitative estimate of drug-likeness (QED) is 0.281. The van der Waals surface area contributed by atoms with Crippen molar-refractivity contribution in [3.8, 4) is 0 Å².